The summed E-state index contributed by atoms with van der Waals surface area (Å²) in [5.74, 6) is -1.66. The molecule has 0 fully saturated rings. The molecule has 0 saturated heterocycles. The van der Waals surface area contributed by atoms with Crippen molar-refractivity contribution in [2.45, 2.75) is 12.0 Å². The van der Waals surface area contributed by atoms with Crippen molar-refractivity contribution in [1.29, 1.82) is 0 Å². The summed E-state index contributed by atoms with van der Waals surface area (Å²) in [7, 11) is -4.87. The van der Waals surface area contributed by atoms with Crippen molar-refractivity contribution in [2.75, 3.05) is 6.67 Å². The molecule has 0 spiro atoms. The predicted molar refractivity (Wildman–Crippen MR) is 61.7 cm³/mol. The molecule has 1 atom stereocenters. The Hall–Kier alpha value is -1.27. The summed E-state index contributed by atoms with van der Waals surface area (Å²) in [4.78, 5) is 28.7. The lowest BCUT2D eigenvalue weighted by atomic mass is 9.93. The third-order valence-electron chi connectivity index (χ3n) is 2.35. The average Bonchev–Trinajstić information content (AvgIpc) is 2.27. The van der Waals surface area contributed by atoms with Crippen LogP contribution in [-0.4, -0.2) is 33.1 Å². The number of nitrogens with one attached hydrogen (secondary N) is 1. The largest absolute Gasteiger partial charge is 0.480 e. The summed E-state index contributed by atoms with van der Waals surface area (Å²) in [6.45, 7) is -1.44. The summed E-state index contributed by atoms with van der Waals surface area (Å²) in [5.41, 5.74) is -1.88. The van der Waals surface area contributed by atoms with E-state index in [0.717, 1.165) is 0 Å². The minimum atomic E-state index is -4.87. The molecule has 0 heterocycles. The zero-order valence-corrected chi connectivity index (χ0v) is 10.2. The molecule has 0 aliphatic heterocycles. The third-order valence-corrected chi connectivity index (χ3v) is 3.07. The van der Waals surface area contributed by atoms with Crippen molar-refractivity contribution in [3.63, 3.8) is 0 Å². The number of alkyl halides is 1. The Labute approximate surface area is 103 Å². The highest BCUT2D eigenvalue weighted by Crippen LogP contribution is 2.34. The third kappa shape index (κ3) is 3.89. The van der Waals surface area contributed by atoms with E-state index in [0.29, 0.717) is 5.56 Å². The highest BCUT2D eigenvalue weighted by Gasteiger charge is 2.43. The molecule has 0 aliphatic carbocycles. The number of halogens is 1. The first-order chi connectivity index (χ1) is 8.29. The van der Waals surface area contributed by atoms with Gasteiger partial charge in [0.2, 0.25) is 0 Å². The lowest BCUT2D eigenvalue weighted by Crippen LogP contribution is -2.54. The van der Waals surface area contributed by atoms with Gasteiger partial charge in [0, 0.05) is 6.42 Å². The van der Waals surface area contributed by atoms with Crippen LogP contribution in [0.25, 0.3) is 0 Å². The van der Waals surface area contributed by atoms with Crippen molar-refractivity contribution in [3.8, 4) is 0 Å². The molecule has 18 heavy (non-hydrogen) atoms. The Morgan fingerprint density at radius 1 is 1.33 bits per heavy atom. The van der Waals surface area contributed by atoms with E-state index in [1.54, 1.807) is 35.4 Å². The van der Waals surface area contributed by atoms with E-state index in [4.69, 9.17) is 14.9 Å². The molecule has 0 unspecified atom stereocenters. The van der Waals surface area contributed by atoms with Gasteiger partial charge in [-0.1, -0.05) is 30.3 Å². The van der Waals surface area contributed by atoms with E-state index in [9.17, 15) is 13.8 Å². The van der Waals surface area contributed by atoms with Crippen LogP contribution in [0.2, 0.25) is 0 Å². The van der Waals surface area contributed by atoms with Gasteiger partial charge in [-0.05, 0) is 5.56 Å². The number of carbonyl (C=O) groups is 1. The smallest absolute Gasteiger partial charge is 0.401 e. The quantitative estimate of drug-likeness (QED) is 0.570. The minimum absolute atomic E-state index is 0.370. The molecule has 0 amide bonds. The number of carboxylic acids is 1. The Bertz CT molecular complexity index is 463. The fourth-order valence-corrected chi connectivity index (χ4v) is 2.31. The van der Waals surface area contributed by atoms with Crippen molar-refractivity contribution in [3.05, 3.63) is 35.9 Å². The molecule has 6 nitrogen and oxygen atoms in total. The Morgan fingerprint density at radius 3 is 2.28 bits per heavy atom. The Morgan fingerprint density at radius 2 is 1.89 bits per heavy atom. The van der Waals surface area contributed by atoms with Crippen LogP contribution in [0, 0.1) is 0 Å². The topological polar surface area (TPSA) is 107 Å². The molecule has 0 bridgehead atoms. The van der Waals surface area contributed by atoms with E-state index in [1.165, 1.54) is 0 Å². The molecule has 0 radical (unpaired) electrons. The molecular weight excluding hydrogens is 264 g/mol. The predicted octanol–water partition coefficient (Wildman–Crippen LogP) is 0.704. The average molecular weight is 277 g/mol. The van der Waals surface area contributed by atoms with Gasteiger partial charge < -0.3 is 14.9 Å². The van der Waals surface area contributed by atoms with Crippen LogP contribution in [0.15, 0.2) is 30.3 Å². The standard InChI is InChI=1S/C10H13FNO5P/c11-7-10(9(13)14,12-18(15,16)17)6-8-4-2-1-3-5-8/h1-5H,6-7H2,(H,13,14)(H3,12,15,16,17)/t10-/m1/s1. The molecule has 0 aliphatic rings. The van der Waals surface area contributed by atoms with E-state index in [1.807, 2.05) is 0 Å². The number of hydrogen-bond donors (Lipinski definition) is 4. The van der Waals surface area contributed by atoms with Crippen molar-refractivity contribution in [1.82, 2.24) is 5.09 Å². The van der Waals surface area contributed by atoms with Crippen LogP contribution in [0.5, 0.6) is 0 Å². The zero-order valence-electron chi connectivity index (χ0n) is 9.28. The van der Waals surface area contributed by atoms with Gasteiger partial charge in [0.1, 0.15) is 6.67 Å². The highest BCUT2D eigenvalue weighted by molar-refractivity contribution is 7.49. The van der Waals surface area contributed by atoms with E-state index < -0.39 is 25.9 Å². The molecule has 1 rings (SSSR count). The van der Waals surface area contributed by atoms with Crippen LogP contribution in [0.3, 0.4) is 0 Å². The van der Waals surface area contributed by atoms with Crippen molar-refractivity contribution in [2.24, 2.45) is 0 Å². The minimum Gasteiger partial charge on any atom is -0.480 e. The van der Waals surface area contributed by atoms with Gasteiger partial charge in [0.15, 0.2) is 5.54 Å². The first-order valence-electron chi connectivity index (χ1n) is 4.97. The summed E-state index contributed by atoms with van der Waals surface area (Å²) >= 11 is 0. The monoisotopic (exact) mass is 277 g/mol. The second-order valence-corrected chi connectivity index (χ2v) is 5.15. The molecule has 1 aromatic carbocycles. The second kappa shape index (κ2) is 5.58. The van der Waals surface area contributed by atoms with Gasteiger partial charge in [0.05, 0.1) is 0 Å². The lowest BCUT2D eigenvalue weighted by Gasteiger charge is -2.27. The van der Waals surface area contributed by atoms with E-state index in [2.05, 4.69) is 0 Å². The van der Waals surface area contributed by atoms with Crippen LogP contribution < -0.4 is 5.09 Å². The Balaban J connectivity index is 3.05. The Kier molecular flexibility index (Phi) is 4.59. The summed E-state index contributed by atoms with van der Waals surface area (Å²) < 4.78 is 23.8. The molecule has 8 heteroatoms. The van der Waals surface area contributed by atoms with Crippen LogP contribution in [0.1, 0.15) is 5.56 Å². The molecule has 0 saturated carbocycles. The maximum atomic E-state index is 13.0. The van der Waals surface area contributed by atoms with Gasteiger partial charge in [-0.2, -0.15) is 0 Å². The number of benzene rings is 1. The second-order valence-electron chi connectivity index (χ2n) is 3.84. The maximum absolute atomic E-state index is 13.0. The first-order valence-corrected chi connectivity index (χ1v) is 6.58. The fraction of sp³-hybridized carbons (Fsp3) is 0.300. The molecular formula is C10H13FNO5P. The molecule has 100 valence electrons. The van der Waals surface area contributed by atoms with Gasteiger partial charge in [-0.15, -0.1) is 0 Å². The van der Waals surface area contributed by atoms with E-state index in [-0.39, 0.29) is 6.42 Å². The van der Waals surface area contributed by atoms with Gasteiger partial charge in [-0.25, -0.2) is 14.0 Å². The van der Waals surface area contributed by atoms with Crippen LogP contribution in [0.4, 0.5) is 4.39 Å². The number of aliphatic carboxylic acids is 1. The SMILES string of the molecule is O=C(O)[C@](CF)(Cc1ccccc1)NP(=O)(O)O. The molecule has 4 N–H and O–H groups in total. The van der Waals surface area contributed by atoms with Gasteiger partial charge in [0.25, 0.3) is 0 Å². The van der Waals surface area contributed by atoms with Gasteiger partial charge >= 0.3 is 13.7 Å². The van der Waals surface area contributed by atoms with Crippen molar-refractivity contribution >= 4 is 13.7 Å². The number of carboxylic acid groups (broad SMARTS) is 1. The maximum Gasteiger partial charge on any atom is 0.401 e. The number of hydrogen-bond acceptors (Lipinski definition) is 2. The molecule has 1 aromatic rings. The highest BCUT2D eigenvalue weighted by atomic mass is 31.2. The normalized spacial score (nSPS) is 15.1. The number of rotatable bonds is 6. The lowest BCUT2D eigenvalue weighted by molar-refractivity contribution is -0.145. The summed E-state index contributed by atoms with van der Waals surface area (Å²) in [5, 5.41) is 10.6. The van der Waals surface area contributed by atoms with Crippen LogP contribution >= 0.6 is 7.75 Å². The first kappa shape index (κ1) is 14.8. The summed E-state index contributed by atoms with van der Waals surface area (Å²) in [6, 6.07) is 8.04. The van der Waals surface area contributed by atoms with Crippen LogP contribution in [-0.2, 0) is 15.8 Å². The fourth-order valence-electron chi connectivity index (χ4n) is 1.52. The van der Waals surface area contributed by atoms with Crippen molar-refractivity contribution < 1.29 is 28.6 Å². The summed E-state index contributed by atoms with van der Waals surface area (Å²) in [6.07, 6.45) is -0.370. The molecule has 0 aromatic heterocycles. The van der Waals surface area contributed by atoms with E-state index >= 15 is 0 Å². The van der Waals surface area contributed by atoms with Gasteiger partial charge in [-0.3, -0.25) is 4.79 Å². The zero-order chi connectivity index (χ0) is 13.8.